The number of aliphatic carboxylic acids is 1. The first kappa shape index (κ1) is 10.9. The summed E-state index contributed by atoms with van der Waals surface area (Å²) in [4.78, 5) is 12.8. The van der Waals surface area contributed by atoms with Crippen molar-refractivity contribution in [3.63, 3.8) is 0 Å². The number of rotatable bonds is 4. The summed E-state index contributed by atoms with van der Waals surface area (Å²) in [5.74, 6) is -0.815. The Kier molecular flexibility index (Phi) is 3.56. The summed E-state index contributed by atoms with van der Waals surface area (Å²) >= 11 is 0. The Bertz CT molecular complexity index is 235. The molecule has 5 nitrogen and oxygen atoms in total. The van der Waals surface area contributed by atoms with Crippen LogP contribution in [-0.2, 0) is 9.53 Å². The van der Waals surface area contributed by atoms with Gasteiger partial charge in [0.05, 0.1) is 19.3 Å². The fourth-order valence-corrected chi connectivity index (χ4v) is 2.35. The van der Waals surface area contributed by atoms with E-state index in [1.165, 1.54) is 19.4 Å². The first-order chi connectivity index (χ1) is 7.25. The van der Waals surface area contributed by atoms with Crippen LogP contribution in [0.3, 0.4) is 0 Å². The summed E-state index contributed by atoms with van der Waals surface area (Å²) in [5, 5.41) is 11.4. The summed E-state index contributed by atoms with van der Waals surface area (Å²) in [6, 6.07) is 0.612. The second-order valence-electron chi connectivity index (χ2n) is 4.27. The van der Waals surface area contributed by atoms with Crippen molar-refractivity contribution in [3.05, 3.63) is 0 Å². The van der Waals surface area contributed by atoms with E-state index in [2.05, 4.69) is 10.2 Å². The lowest BCUT2D eigenvalue weighted by Crippen LogP contribution is -2.49. The molecule has 0 amide bonds. The van der Waals surface area contributed by atoms with E-state index >= 15 is 0 Å². The Morgan fingerprint density at radius 1 is 1.60 bits per heavy atom. The lowest BCUT2D eigenvalue weighted by Gasteiger charge is -2.35. The van der Waals surface area contributed by atoms with E-state index < -0.39 is 5.97 Å². The summed E-state index contributed by atoms with van der Waals surface area (Å²) in [6.45, 7) is 3.57. The highest BCUT2D eigenvalue weighted by molar-refractivity contribution is 5.68. The third kappa shape index (κ3) is 2.90. The van der Waals surface area contributed by atoms with Crippen molar-refractivity contribution in [1.82, 2.24) is 10.2 Å². The molecule has 15 heavy (non-hydrogen) atoms. The van der Waals surface area contributed by atoms with Crippen LogP contribution in [0.1, 0.15) is 12.8 Å². The molecule has 0 radical (unpaired) electrons. The molecule has 2 fully saturated rings. The van der Waals surface area contributed by atoms with Gasteiger partial charge in [-0.15, -0.1) is 0 Å². The third-order valence-electron chi connectivity index (χ3n) is 3.11. The van der Waals surface area contributed by atoms with E-state index in [-0.39, 0.29) is 12.6 Å². The molecular formula is C10H18N2O3. The zero-order valence-electron chi connectivity index (χ0n) is 8.82. The Balaban J connectivity index is 1.68. The van der Waals surface area contributed by atoms with Gasteiger partial charge < -0.3 is 15.2 Å². The first-order valence-electron chi connectivity index (χ1n) is 5.54. The van der Waals surface area contributed by atoms with Gasteiger partial charge in [0.15, 0.2) is 0 Å². The predicted molar refractivity (Wildman–Crippen MR) is 54.8 cm³/mol. The molecule has 0 aromatic rings. The van der Waals surface area contributed by atoms with Crippen LogP contribution >= 0.6 is 0 Å². The quantitative estimate of drug-likeness (QED) is 0.662. The molecule has 2 unspecified atom stereocenters. The minimum absolute atomic E-state index is 0.0172. The van der Waals surface area contributed by atoms with E-state index in [1.54, 1.807) is 0 Å². The number of carboxylic acid groups (broad SMARTS) is 1. The van der Waals surface area contributed by atoms with E-state index in [0.29, 0.717) is 12.6 Å². The Morgan fingerprint density at radius 2 is 2.47 bits per heavy atom. The molecule has 0 saturated carbocycles. The van der Waals surface area contributed by atoms with Crippen molar-refractivity contribution >= 4 is 5.97 Å². The van der Waals surface area contributed by atoms with Crippen molar-refractivity contribution in [1.29, 1.82) is 0 Å². The van der Waals surface area contributed by atoms with Crippen LogP contribution in [0.4, 0.5) is 0 Å². The van der Waals surface area contributed by atoms with Crippen molar-refractivity contribution in [2.45, 2.75) is 25.0 Å². The predicted octanol–water partition coefficient (Wildman–Crippen LogP) is -0.476. The van der Waals surface area contributed by atoms with Crippen molar-refractivity contribution in [3.8, 4) is 0 Å². The van der Waals surface area contributed by atoms with Crippen molar-refractivity contribution < 1.29 is 14.6 Å². The maximum atomic E-state index is 10.3. The highest BCUT2D eigenvalue weighted by Gasteiger charge is 2.31. The molecule has 2 aliphatic heterocycles. The molecule has 2 rings (SSSR count). The topological polar surface area (TPSA) is 61.8 Å². The molecule has 86 valence electrons. The van der Waals surface area contributed by atoms with Gasteiger partial charge >= 0.3 is 5.97 Å². The van der Waals surface area contributed by atoms with Crippen LogP contribution in [0, 0.1) is 0 Å². The van der Waals surface area contributed by atoms with Crippen LogP contribution in [0.15, 0.2) is 0 Å². The molecule has 0 aromatic heterocycles. The minimum Gasteiger partial charge on any atom is -0.480 e. The molecule has 5 heteroatoms. The van der Waals surface area contributed by atoms with Gasteiger partial charge in [-0.1, -0.05) is 0 Å². The lowest BCUT2D eigenvalue weighted by molar-refractivity contribution is -0.136. The number of hydrogen-bond acceptors (Lipinski definition) is 4. The Labute approximate surface area is 89.4 Å². The highest BCUT2D eigenvalue weighted by Crippen LogP contribution is 2.22. The number of nitrogens with zero attached hydrogens (tertiary/aromatic N) is 1. The molecule has 0 spiro atoms. The Morgan fingerprint density at radius 3 is 3.27 bits per heavy atom. The molecule has 0 aromatic carbocycles. The van der Waals surface area contributed by atoms with E-state index in [4.69, 9.17) is 9.84 Å². The number of carboxylic acids is 1. The normalized spacial score (nSPS) is 31.5. The van der Waals surface area contributed by atoms with Crippen molar-refractivity contribution in [2.24, 2.45) is 0 Å². The molecule has 2 heterocycles. The van der Waals surface area contributed by atoms with Crippen LogP contribution in [0.2, 0.25) is 0 Å². The average Bonchev–Trinajstić information content (AvgIpc) is 2.64. The summed E-state index contributed by atoms with van der Waals surface area (Å²) in [7, 11) is 0. The van der Waals surface area contributed by atoms with Crippen molar-refractivity contribution in [2.75, 3.05) is 32.8 Å². The van der Waals surface area contributed by atoms with Crippen LogP contribution in [-0.4, -0.2) is 60.9 Å². The van der Waals surface area contributed by atoms with E-state index in [1.807, 2.05) is 0 Å². The molecule has 2 aliphatic rings. The fourth-order valence-electron chi connectivity index (χ4n) is 2.35. The zero-order valence-corrected chi connectivity index (χ0v) is 8.82. The molecule has 0 bridgehead atoms. The second-order valence-corrected chi connectivity index (χ2v) is 4.27. The molecule has 0 aliphatic carbocycles. The van der Waals surface area contributed by atoms with Gasteiger partial charge in [0, 0.05) is 19.1 Å². The van der Waals surface area contributed by atoms with Gasteiger partial charge in [0.1, 0.15) is 0 Å². The number of nitrogens with one attached hydrogen (secondary N) is 1. The largest absolute Gasteiger partial charge is 0.480 e. The molecule has 2 atom stereocenters. The number of carbonyl (C=O) groups is 1. The van der Waals surface area contributed by atoms with Crippen LogP contribution < -0.4 is 5.32 Å². The monoisotopic (exact) mass is 214 g/mol. The maximum absolute atomic E-state index is 10.3. The number of fused-ring (bicyclic) bond motifs is 1. The van der Waals surface area contributed by atoms with Crippen LogP contribution in [0.25, 0.3) is 0 Å². The van der Waals surface area contributed by atoms with E-state index in [0.717, 1.165) is 13.2 Å². The maximum Gasteiger partial charge on any atom is 0.317 e. The van der Waals surface area contributed by atoms with E-state index in [9.17, 15) is 4.79 Å². The summed E-state index contributed by atoms with van der Waals surface area (Å²) in [6.07, 6.45) is 2.66. The third-order valence-corrected chi connectivity index (χ3v) is 3.11. The van der Waals surface area contributed by atoms with Gasteiger partial charge in [-0.05, 0) is 19.4 Å². The van der Waals surface area contributed by atoms with Gasteiger partial charge in [-0.3, -0.25) is 9.69 Å². The molecular weight excluding hydrogens is 196 g/mol. The van der Waals surface area contributed by atoms with Gasteiger partial charge in [0.2, 0.25) is 0 Å². The van der Waals surface area contributed by atoms with Gasteiger partial charge in [0.25, 0.3) is 0 Å². The number of hydrogen-bond donors (Lipinski definition) is 2. The fraction of sp³-hybridized carbons (Fsp3) is 0.900. The smallest absolute Gasteiger partial charge is 0.317 e. The average molecular weight is 214 g/mol. The Hall–Kier alpha value is -0.650. The lowest BCUT2D eigenvalue weighted by atomic mass is 10.2. The number of morpholine rings is 1. The highest BCUT2D eigenvalue weighted by atomic mass is 16.5. The molecule has 2 saturated heterocycles. The summed E-state index contributed by atoms with van der Waals surface area (Å²) < 4.78 is 5.68. The van der Waals surface area contributed by atoms with Crippen LogP contribution in [0.5, 0.6) is 0 Å². The standard InChI is InChI=1S/C10H18N2O3/c13-10(14)5-11-4-9-6-12-3-1-2-8(12)7-15-9/h8-9,11H,1-7H2,(H,13,14). The SMILES string of the molecule is O=C(O)CNCC1CN2CCCC2CO1. The molecule has 2 N–H and O–H groups in total. The van der Waals surface area contributed by atoms with Gasteiger partial charge in [-0.25, -0.2) is 0 Å². The van der Waals surface area contributed by atoms with Gasteiger partial charge in [-0.2, -0.15) is 0 Å². The first-order valence-corrected chi connectivity index (χ1v) is 5.54. The number of ether oxygens (including phenoxy) is 1. The summed E-state index contributed by atoms with van der Waals surface area (Å²) in [5.41, 5.74) is 0. The zero-order chi connectivity index (χ0) is 10.7. The second kappa shape index (κ2) is 4.92. The minimum atomic E-state index is -0.815.